The van der Waals surface area contributed by atoms with E-state index in [1.54, 1.807) is 7.05 Å². The van der Waals surface area contributed by atoms with Crippen LogP contribution in [0.5, 0.6) is 0 Å². The molecule has 2 heterocycles. The zero-order valence-corrected chi connectivity index (χ0v) is 8.57. The van der Waals surface area contributed by atoms with Gasteiger partial charge < -0.3 is 10.4 Å². The molecule has 0 aromatic carbocycles. The van der Waals surface area contributed by atoms with Crippen molar-refractivity contribution in [1.82, 2.24) is 9.38 Å². The Morgan fingerprint density at radius 2 is 2.38 bits per heavy atom. The van der Waals surface area contributed by atoms with E-state index in [9.17, 15) is 9.18 Å². The van der Waals surface area contributed by atoms with Crippen LogP contribution in [0.2, 0.25) is 0 Å². The highest BCUT2D eigenvalue weighted by molar-refractivity contribution is 5.51. The number of halogens is 1. The van der Waals surface area contributed by atoms with Crippen molar-refractivity contribution in [3.8, 4) is 0 Å². The minimum atomic E-state index is -0.583. The summed E-state index contributed by atoms with van der Waals surface area (Å²) in [5, 5.41) is 11.7. The van der Waals surface area contributed by atoms with Gasteiger partial charge in [-0.05, 0) is 12.1 Å². The molecule has 0 amide bonds. The Bertz CT molecular complexity index is 594. The molecule has 2 aromatic heterocycles. The van der Waals surface area contributed by atoms with Gasteiger partial charge in [0.2, 0.25) is 0 Å². The van der Waals surface area contributed by atoms with E-state index in [0.29, 0.717) is 0 Å². The molecule has 84 valence electrons. The van der Waals surface area contributed by atoms with Crippen LogP contribution in [-0.2, 0) is 6.61 Å². The highest BCUT2D eigenvalue weighted by Gasteiger charge is 2.12. The van der Waals surface area contributed by atoms with Crippen molar-refractivity contribution in [3.63, 3.8) is 0 Å². The van der Waals surface area contributed by atoms with E-state index >= 15 is 0 Å². The zero-order valence-electron chi connectivity index (χ0n) is 8.57. The molecule has 0 aliphatic carbocycles. The van der Waals surface area contributed by atoms with E-state index in [-0.39, 0.29) is 17.0 Å². The van der Waals surface area contributed by atoms with E-state index in [1.165, 1.54) is 18.3 Å². The van der Waals surface area contributed by atoms with Crippen LogP contribution in [0.3, 0.4) is 0 Å². The first-order chi connectivity index (χ1) is 7.69. The van der Waals surface area contributed by atoms with E-state index in [2.05, 4.69) is 10.3 Å². The average Bonchev–Trinajstić information content (AvgIpc) is 2.30. The number of hydrogen-bond acceptors (Lipinski definition) is 4. The van der Waals surface area contributed by atoms with Crippen LogP contribution in [0.25, 0.3) is 5.65 Å². The summed E-state index contributed by atoms with van der Waals surface area (Å²) in [6.07, 6.45) is 1.41. The molecule has 6 heteroatoms. The molecule has 0 aliphatic rings. The monoisotopic (exact) mass is 223 g/mol. The lowest BCUT2D eigenvalue weighted by molar-refractivity contribution is 0.280. The number of aromatic nitrogens is 2. The molecular weight excluding hydrogens is 213 g/mol. The lowest BCUT2D eigenvalue weighted by atomic mass is 10.3. The van der Waals surface area contributed by atoms with Crippen molar-refractivity contribution in [1.29, 1.82) is 0 Å². The molecule has 16 heavy (non-hydrogen) atoms. The van der Waals surface area contributed by atoms with Crippen molar-refractivity contribution >= 4 is 11.5 Å². The second kappa shape index (κ2) is 3.90. The molecule has 0 saturated carbocycles. The summed E-state index contributed by atoms with van der Waals surface area (Å²) in [4.78, 5) is 15.8. The Kier molecular flexibility index (Phi) is 2.57. The molecule has 0 unspecified atom stereocenters. The molecule has 2 rings (SSSR count). The molecule has 0 bridgehead atoms. The van der Waals surface area contributed by atoms with Gasteiger partial charge in [0.25, 0.3) is 5.56 Å². The van der Waals surface area contributed by atoms with Gasteiger partial charge in [0.05, 0.1) is 12.2 Å². The number of hydrogen-bond donors (Lipinski definition) is 2. The molecular formula is C10H10FN3O2. The summed E-state index contributed by atoms with van der Waals surface area (Å²) in [6.45, 7) is -0.443. The third kappa shape index (κ3) is 1.43. The van der Waals surface area contributed by atoms with Gasteiger partial charge in [-0.3, -0.25) is 9.20 Å². The summed E-state index contributed by atoms with van der Waals surface area (Å²) >= 11 is 0. The maximum absolute atomic E-state index is 13.4. The van der Waals surface area contributed by atoms with Crippen molar-refractivity contribution in [2.45, 2.75) is 6.61 Å². The first-order valence-corrected chi connectivity index (χ1v) is 4.67. The molecule has 2 N–H and O–H groups in total. The van der Waals surface area contributed by atoms with Crippen LogP contribution in [0.15, 0.2) is 23.1 Å². The normalized spacial score (nSPS) is 10.7. The fourth-order valence-corrected chi connectivity index (χ4v) is 1.51. The number of nitrogens with zero attached hydrogens (tertiary/aromatic N) is 2. The average molecular weight is 223 g/mol. The second-order valence-electron chi connectivity index (χ2n) is 3.20. The summed E-state index contributed by atoms with van der Waals surface area (Å²) < 4.78 is 14.5. The maximum Gasteiger partial charge on any atom is 0.265 e. The SMILES string of the molecule is CNc1nc2c(F)cccn2c(=O)c1CO. The minimum absolute atomic E-state index is 0.0611. The first-order valence-electron chi connectivity index (χ1n) is 4.67. The van der Waals surface area contributed by atoms with Gasteiger partial charge in [0.15, 0.2) is 11.5 Å². The summed E-state index contributed by atoms with van der Waals surface area (Å²) in [5.41, 5.74) is -0.420. The smallest absolute Gasteiger partial charge is 0.265 e. The van der Waals surface area contributed by atoms with Crippen LogP contribution in [0, 0.1) is 5.82 Å². The lowest BCUT2D eigenvalue weighted by Gasteiger charge is -2.08. The molecule has 5 nitrogen and oxygen atoms in total. The minimum Gasteiger partial charge on any atom is -0.391 e. The quantitative estimate of drug-likeness (QED) is 0.771. The van der Waals surface area contributed by atoms with E-state index < -0.39 is 18.0 Å². The Balaban J connectivity index is 2.93. The maximum atomic E-state index is 13.4. The number of anilines is 1. The van der Waals surface area contributed by atoms with Crippen molar-refractivity contribution in [3.05, 3.63) is 40.1 Å². The van der Waals surface area contributed by atoms with Crippen LogP contribution in [-0.4, -0.2) is 21.5 Å². The van der Waals surface area contributed by atoms with Gasteiger partial charge in [0, 0.05) is 13.2 Å². The third-order valence-corrected chi connectivity index (χ3v) is 2.29. The summed E-state index contributed by atoms with van der Waals surface area (Å²) in [6, 6.07) is 2.63. The van der Waals surface area contributed by atoms with Crippen molar-refractivity contribution in [2.24, 2.45) is 0 Å². The highest BCUT2D eigenvalue weighted by atomic mass is 19.1. The Morgan fingerprint density at radius 1 is 1.62 bits per heavy atom. The molecule has 0 aliphatic heterocycles. The summed E-state index contributed by atoms with van der Waals surface area (Å²) in [7, 11) is 1.55. The van der Waals surface area contributed by atoms with Gasteiger partial charge in [-0.25, -0.2) is 9.37 Å². The molecule has 0 atom stereocenters. The van der Waals surface area contributed by atoms with Crippen molar-refractivity contribution < 1.29 is 9.50 Å². The fourth-order valence-electron chi connectivity index (χ4n) is 1.51. The van der Waals surface area contributed by atoms with Gasteiger partial charge in [-0.1, -0.05) is 0 Å². The van der Waals surface area contributed by atoms with Crippen LogP contribution < -0.4 is 10.9 Å². The molecule has 0 fully saturated rings. The number of nitrogens with one attached hydrogen (secondary N) is 1. The van der Waals surface area contributed by atoms with E-state index in [1.807, 2.05) is 0 Å². The van der Waals surface area contributed by atoms with Crippen molar-refractivity contribution in [2.75, 3.05) is 12.4 Å². The third-order valence-electron chi connectivity index (χ3n) is 2.29. The fraction of sp³-hybridized carbons (Fsp3) is 0.200. The molecule has 0 radical (unpaired) electrons. The number of rotatable bonds is 2. The zero-order chi connectivity index (χ0) is 11.7. The summed E-state index contributed by atoms with van der Waals surface area (Å²) in [5.74, 6) is -0.391. The Hall–Kier alpha value is -1.95. The van der Waals surface area contributed by atoms with Gasteiger partial charge in [-0.15, -0.1) is 0 Å². The Morgan fingerprint density at radius 3 is 3.00 bits per heavy atom. The molecule has 0 saturated heterocycles. The number of pyridine rings is 1. The predicted octanol–water partition coefficient (Wildman–Crippen LogP) is 0.368. The second-order valence-corrected chi connectivity index (χ2v) is 3.20. The van der Waals surface area contributed by atoms with Gasteiger partial charge in [-0.2, -0.15) is 0 Å². The van der Waals surface area contributed by atoms with E-state index in [4.69, 9.17) is 5.11 Å². The van der Waals surface area contributed by atoms with Gasteiger partial charge in [0.1, 0.15) is 5.82 Å². The Labute approximate surface area is 90.2 Å². The predicted molar refractivity (Wildman–Crippen MR) is 56.9 cm³/mol. The topological polar surface area (TPSA) is 66.6 Å². The van der Waals surface area contributed by atoms with Crippen LogP contribution in [0.4, 0.5) is 10.2 Å². The first kappa shape index (κ1) is 10.6. The van der Waals surface area contributed by atoms with E-state index in [0.717, 1.165) is 4.40 Å². The van der Waals surface area contributed by atoms with Gasteiger partial charge >= 0.3 is 0 Å². The van der Waals surface area contributed by atoms with Crippen LogP contribution in [0.1, 0.15) is 5.56 Å². The number of aliphatic hydroxyl groups is 1. The molecule has 2 aromatic rings. The lowest BCUT2D eigenvalue weighted by Crippen LogP contribution is -2.22. The highest BCUT2D eigenvalue weighted by Crippen LogP contribution is 2.11. The largest absolute Gasteiger partial charge is 0.391 e. The number of aliphatic hydroxyl groups excluding tert-OH is 1. The number of fused-ring (bicyclic) bond motifs is 1. The standard InChI is InChI=1S/C10H10FN3O2/c1-12-8-6(5-15)10(16)14-4-2-3-7(11)9(14)13-8/h2-4,12,15H,5H2,1H3. The van der Waals surface area contributed by atoms with Crippen LogP contribution >= 0.6 is 0 Å². The molecule has 0 spiro atoms.